The van der Waals surface area contributed by atoms with E-state index >= 15 is 0 Å². The molecule has 0 saturated carbocycles. The fraction of sp³-hybridized carbons (Fsp3) is 0.308. The molecule has 0 bridgehead atoms. The van der Waals surface area contributed by atoms with E-state index in [1.807, 2.05) is 0 Å². The topological polar surface area (TPSA) is 92.7 Å². The summed E-state index contributed by atoms with van der Waals surface area (Å²) in [5.74, 6) is -3.05. The number of benzene rings is 1. The van der Waals surface area contributed by atoms with Gasteiger partial charge in [-0.2, -0.15) is 0 Å². The summed E-state index contributed by atoms with van der Waals surface area (Å²) >= 11 is 2.94. The number of esters is 1. The zero-order valence-corrected chi connectivity index (χ0v) is 12.6. The van der Waals surface area contributed by atoms with Gasteiger partial charge in [-0.1, -0.05) is 0 Å². The van der Waals surface area contributed by atoms with Gasteiger partial charge in [-0.25, -0.2) is 9.18 Å². The van der Waals surface area contributed by atoms with Gasteiger partial charge in [0.05, 0.1) is 11.6 Å². The smallest absolute Gasteiger partial charge is 0.326 e. The lowest BCUT2D eigenvalue weighted by Gasteiger charge is -2.14. The summed E-state index contributed by atoms with van der Waals surface area (Å²) < 4.78 is 17.6. The highest BCUT2D eigenvalue weighted by atomic mass is 79.9. The molecule has 0 fully saturated rings. The van der Waals surface area contributed by atoms with E-state index in [2.05, 4.69) is 26.0 Å². The Kier molecular flexibility index (Phi) is 6.29. The van der Waals surface area contributed by atoms with Crippen molar-refractivity contribution in [2.24, 2.45) is 0 Å². The zero-order valence-electron chi connectivity index (χ0n) is 11.1. The molecule has 114 valence electrons. The van der Waals surface area contributed by atoms with Crippen molar-refractivity contribution in [2.75, 3.05) is 7.11 Å². The van der Waals surface area contributed by atoms with Crippen molar-refractivity contribution in [1.29, 1.82) is 0 Å². The quantitative estimate of drug-likeness (QED) is 0.752. The second-order valence-electron chi connectivity index (χ2n) is 4.11. The molecule has 0 aliphatic rings. The molecule has 1 rings (SSSR count). The van der Waals surface area contributed by atoms with E-state index in [9.17, 15) is 18.8 Å². The Morgan fingerprint density at radius 3 is 2.62 bits per heavy atom. The van der Waals surface area contributed by atoms with Crippen LogP contribution in [0.25, 0.3) is 0 Å². The first-order valence-electron chi connectivity index (χ1n) is 5.90. The third-order valence-electron chi connectivity index (χ3n) is 2.65. The number of carboxylic acid groups (broad SMARTS) is 1. The maximum Gasteiger partial charge on any atom is 0.326 e. The highest BCUT2D eigenvalue weighted by Crippen LogP contribution is 2.17. The van der Waals surface area contributed by atoms with E-state index in [1.54, 1.807) is 0 Å². The van der Waals surface area contributed by atoms with E-state index in [1.165, 1.54) is 19.2 Å². The van der Waals surface area contributed by atoms with Gasteiger partial charge in [0.25, 0.3) is 5.91 Å². The normalized spacial score (nSPS) is 11.6. The monoisotopic (exact) mass is 361 g/mol. The van der Waals surface area contributed by atoms with Gasteiger partial charge in [0.1, 0.15) is 11.9 Å². The summed E-state index contributed by atoms with van der Waals surface area (Å²) in [7, 11) is 1.19. The summed E-state index contributed by atoms with van der Waals surface area (Å²) in [5, 5.41) is 11.3. The molecule has 8 heteroatoms. The van der Waals surface area contributed by atoms with Crippen molar-refractivity contribution in [2.45, 2.75) is 18.9 Å². The first-order valence-corrected chi connectivity index (χ1v) is 6.70. The SMILES string of the molecule is COC(=O)CC[C@@H](NC(=O)c1ccc(F)c(Br)c1)C(=O)O. The summed E-state index contributed by atoms with van der Waals surface area (Å²) in [4.78, 5) is 34.0. The lowest BCUT2D eigenvalue weighted by molar-refractivity contribution is -0.142. The Hall–Kier alpha value is -1.96. The number of halogens is 2. The van der Waals surface area contributed by atoms with Crippen molar-refractivity contribution in [3.63, 3.8) is 0 Å². The molecule has 6 nitrogen and oxygen atoms in total. The van der Waals surface area contributed by atoms with E-state index in [4.69, 9.17) is 5.11 Å². The van der Waals surface area contributed by atoms with Crippen LogP contribution in [0.3, 0.4) is 0 Å². The molecule has 0 aliphatic heterocycles. The van der Waals surface area contributed by atoms with Crippen molar-refractivity contribution < 1.29 is 28.6 Å². The lowest BCUT2D eigenvalue weighted by atomic mass is 10.1. The van der Waals surface area contributed by atoms with Gasteiger partial charge in [-0.15, -0.1) is 0 Å². The van der Waals surface area contributed by atoms with Gasteiger partial charge in [0, 0.05) is 12.0 Å². The minimum Gasteiger partial charge on any atom is -0.480 e. The first kappa shape index (κ1) is 17.1. The van der Waals surface area contributed by atoms with Crippen molar-refractivity contribution in [3.05, 3.63) is 34.1 Å². The van der Waals surface area contributed by atoms with Crippen molar-refractivity contribution in [3.8, 4) is 0 Å². The Morgan fingerprint density at radius 2 is 2.10 bits per heavy atom. The van der Waals surface area contributed by atoms with Crippen LogP contribution in [0.4, 0.5) is 4.39 Å². The number of carbonyl (C=O) groups excluding carboxylic acids is 2. The predicted octanol–water partition coefficient (Wildman–Crippen LogP) is 1.72. The number of rotatable bonds is 6. The standard InChI is InChI=1S/C13H13BrFNO5/c1-21-11(17)5-4-10(13(19)20)16-12(18)7-2-3-9(15)8(14)6-7/h2-3,6,10H,4-5H2,1H3,(H,16,18)(H,19,20)/t10-/m1/s1. The number of carbonyl (C=O) groups is 3. The van der Waals surface area contributed by atoms with Crippen LogP contribution in [-0.2, 0) is 14.3 Å². The summed E-state index contributed by atoms with van der Waals surface area (Å²) in [5.41, 5.74) is 0.104. The lowest BCUT2D eigenvalue weighted by Crippen LogP contribution is -2.41. The molecule has 0 saturated heterocycles. The number of ether oxygens (including phenoxy) is 1. The van der Waals surface area contributed by atoms with Gasteiger partial charge in [-0.3, -0.25) is 9.59 Å². The van der Waals surface area contributed by atoms with Crippen LogP contribution in [-0.4, -0.2) is 36.1 Å². The Bertz CT molecular complexity index is 563. The van der Waals surface area contributed by atoms with Crippen LogP contribution in [0.15, 0.2) is 22.7 Å². The minimum absolute atomic E-state index is 0.0941. The number of carboxylic acids is 1. The molecule has 1 atom stereocenters. The van der Waals surface area contributed by atoms with Crippen LogP contribution < -0.4 is 5.32 Å². The number of nitrogens with one attached hydrogen (secondary N) is 1. The summed E-state index contributed by atoms with van der Waals surface area (Å²) in [6, 6.07) is 2.32. The zero-order chi connectivity index (χ0) is 16.0. The molecule has 21 heavy (non-hydrogen) atoms. The van der Waals surface area contributed by atoms with Crippen LogP contribution in [0.1, 0.15) is 23.2 Å². The largest absolute Gasteiger partial charge is 0.480 e. The van der Waals surface area contributed by atoms with E-state index in [0.717, 1.165) is 6.07 Å². The molecule has 1 amide bonds. The van der Waals surface area contributed by atoms with E-state index in [0.29, 0.717) is 0 Å². The van der Waals surface area contributed by atoms with Gasteiger partial charge >= 0.3 is 11.9 Å². The second kappa shape index (κ2) is 7.72. The Morgan fingerprint density at radius 1 is 1.43 bits per heavy atom. The highest BCUT2D eigenvalue weighted by Gasteiger charge is 2.22. The van der Waals surface area contributed by atoms with Crippen LogP contribution in [0.5, 0.6) is 0 Å². The fourth-order valence-electron chi connectivity index (χ4n) is 1.50. The molecule has 1 aromatic carbocycles. The molecule has 1 aromatic rings. The average Bonchev–Trinajstić information content (AvgIpc) is 2.45. The Balaban J connectivity index is 2.74. The maximum atomic E-state index is 13.1. The van der Waals surface area contributed by atoms with Crippen molar-refractivity contribution in [1.82, 2.24) is 5.32 Å². The highest BCUT2D eigenvalue weighted by molar-refractivity contribution is 9.10. The summed E-state index contributed by atoms with van der Waals surface area (Å²) in [6.45, 7) is 0. The van der Waals surface area contributed by atoms with Gasteiger partial charge in [-0.05, 0) is 40.5 Å². The molecule has 0 radical (unpaired) electrons. The first-order chi connectivity index (χ1) is 9.85. The molecule has 2 N–H and O–H groups in total. The van der Waals surface area contributed by atoms with Gasteiger partial charge in [0.15, 0.2) is 0 Å². The van der Waals surface area contributed by atoms with Crippen LogP contribution in [0, 0.1) is 5.82 Å². The molecule has 0 aromatic heterocycles. The van der Waals surface area contributed by atoms with Crippen LogP contribution >= 0.6 is 15.9 Å². The average molecular weight is 362 g/mol. The van der Waals surface area contributed by atoms with Crippen LogP contribution in [0.2, 0.25) is 0 Å². The number of hydrogen-bond acceptors (Lipinski definition) is 4. The summed E-state index contributed by atoms with van der Waals surface area (Å²) in [6.07, 6.45) is -0.239. The molecule has 0 spiro atoms. The van der Waals surface area contributed by atoms with E-state index in [-0.39, 0.29) is 22.9 Å². The number of methoxy groups -OCH3 is 1. The number of aliphatic carboxylic acids is 1. The predicted molar refractivity (Wildman–Crippen MR) is 74.2 cm³/mol. The Labute approximate surface area is 128 Å². The molecule has 0 aliphatic carbocycles. The second-order valence-corrected chi connectivity index (χ2v) is 4.96. The van der Waals surface area contributed by atoms with E-state index < -0.39 is 29.7 Å². The third kappa shape index (κ3) is 5.14. The number of amides is 1. The minimum atomic E-state index is -1.27. The van der Waals surface area contributed by atoms with Gasteiger partial charge in [0.2, 0.25) is 0 Å². The maximum absolute atomic E-state index is 13.1. The third-order valence-corrected chi connectivity index (χ3v) is 3.26. The van der Waals surface area contributed by atoms with Crippen molar-refractivity contribution >= 4 is 33.8 Å². The molecular weight excluding hydrogens is 349 g/mol. The molecule has 0 unspecified atom stereocenters. The fourth-order valence-corrected chi connectivity index (χ4v) is 1.88. The van der Waals surface area contributed by atoms with Gasteiger partial charge < -0.3 is 15.2 Å². The molecule has 0 heterocycles. The molecular formula is C13H13BrFNO5. The number of hydrogen-bond donors (Lipinski definition) is 2.